The van der Waals surface area contributed by atoms with Crippen molar-refractivity contribution in [2.75, 3.05) is 11.9 Å². The van der Waals surface area contributed by atoms with Crippen LogP contribution in [-0.2, 0) is 0 Å². The normalized spacial score (nSPS) is 10.3. The first-order chi connectivity index (χ1) is 8.99. The fourth-order valence-corrected chi connectivity index (χ4v) is 2.43. The van der Waals surface area contributed by atoms with Crippen LogP contribution in [0.15, 0.2) is 46.9 Å². The highest BCUT2D eigenvalue weighted by Crippen LogP contribution is 2.29. The summed E-state index contributed by atoms with van der Waals surface area (Å²) in [5, 5.41) is 0. The summed E-state index contributed by atoms with van der Waals surface area (Å²) in [7, 11) is 2.01. The highest BCUT2D eigenvalue weighted by atomic mass is 79.9. The molecule has 0 saturated heterocycles. The highest BCUT2D eigenvalue weighted by molar-refractivity contribution is 9.10. The minimum absolute atomic E-state index is 0.398. The smallest absolute Gasteiger partial charge is 0.106 e. The third kappa shape index (κ3) is 3.14. The largest absolute Gasteiger partial charge is 0.389 e. The summed E-state index contributed by atoms with van der Waals surface area (Å²) >= 11 is 8.58. The Kier molecular flexibility index (Phi) is 4.22. The first-order valence-corrected chi connectivity index (χ1v) is 7.09. The fraction of sp³-hybridized carbons (Fsp3) is 0.133. The summed E-state index contributed by atoms with van der Waals surface area (Å²) in [5.74, 6) is 0. The summed E-state index contributed by atoms with van der Waals surface area (Å²) in [6.07, 6.45) is 0. The third-order valence-corrected chi connectivity index (χ3v) is 3.72. The topological polar surface area (TPSA) is 29.3 Å². The molecule has 0 aliphatic rings. The van der Waals surface area contributed by atoms with Gasteiger partial charge in [0.1, 0.15) is 4.99 Å². The Morgan fingerprint density at radius 2 is 1.79 bits per heavy atom. The zero-order chi connectivity index (χ0) is 14.0. The molecule has 0 fully saturated rings. The van der Waals surface area contributed by atoms with Crippen LogP contribution in [0, 0.1) is 6.92 Å². The van der Waals surface area contributed by atoms with Crippen molar-refractivity contribution in [3.05, 3.63) is 58.1 Å². The first-order valence-electron chi connectivity index (χ1n) is 5.89. The zero-order valence-electron chi connectivity index (χ0n) is 10.9. The van der Waals surface area contributed by atoms with E-state index in [0.29, 0.717) is 4.99 Å². The van der Waals surface area contributed by atoms with Crippen LogP contribution in [-0.4, -0.2) is 12.0 Å². The minimum atomic E-state index is 0.398. The van der Waals surface area contributed by atoms with Crippen molar-refractivity contribution < 1.29 is 0 Å². The van der Waals surface area contributed by atoms with Gasteiger partial charge in [-0.15, -0.1) is 0 Å². The molecular formula is C15H15BrN2S. The van der Waals surface area contributed by atoms with Crippen molar-refractivity contribution in [3.8, 4) is 0 Å². The lowest BCUT2D eigenvalue weighted by atomic mass is 10.1. The molecule has 0 heterocycles. The monoisotopic (exact) mass is 334 g/mol. The fourth-order valence-electron chi connectivity index (χ4n) is 1.91. The van der Waals surface area contributed by atoms with E-state index in [1.54, 1.807) is 0 Å². The van der Waals surface area contributed by atoms with Crippen LogP contribution in [0.2, 0.25) is 0 Å². The molecule has 0 aromatic heterocycles. The van der Waals surface area contributed by atoms with Crippen LogP contribution in [0.4, 0.5) is 11.4 Å². The summed E-state index contributed by atoms with van der Waals surface area (Å²) in [6.45, 7) is 2.07. The molecule has 0 atom stereocenters. The van der Waals surface area contributed by atoms with Gasteiger partial charge < -0.3 is 10.6 Å². The standard InChI is InChI=1S/C15H15BrN2S/c1-10-3-6-12(7-4-10)18(2)14-8-5-11(16)9-13(14)15(17)19/h3-9H,1-2H3,(H2,17,19). The van der Waals surface area contributed by atoms with E-state index in [1.165, 1.54) is 5.56 Å². The predicted octanol–water partition coefficient (Wildman–Crippen LogP) is 4.16. The number of nitrogens with zero attached hydrogens (tertiary/aromatic N) is 1. The van der Waals surface area contributed by atoms with Gasteiger partial charge in [0.15, 0.2) is 0 Å². The maximum Gasteiger partial charge on any atom is 0.106 e. The van der Waals surface area contributed by atoms with Crippen molar-refractivity contribution in [2.24, 2.45) is 5.73 Å². The Morgan fingerprint density at radius 1 is 1.16 bits per heavy atom. The Hall–Kier alpha value is -1.39. The molecule has 2 nitrogen and oxygen atoms in total. The molecule has 98 valence electrons. The van der Waals surface area contributed by atoms with Crippen LogP contribution in [0.25, 0.3) is 0 Å². The van der Waals surface area contributed by atoms with Gasteiger partial charge in [-0.2, -0.15) is 0 Å². The van der Waals surface area contributed by atoms with E-state index >= 15 is 0 Å². The lowest BCUT2D eigenvalue weighted by Gasteiger charge is -2.22. The number of hydrogen-bond acceptors (Lipinski definition) is 2. The lowest BCUT2D eigenvalue weighted by Crippen LogP contribution is -2.17. The molecule has 0 radical (unpaired) electrons. The van der Waals surface area contributed by atoms with Gasteiger partial charge in [0.2, 0.25) is 0 Å². The van der Waals surface area contributed by atoms with Gasteiger partial charge in [0.25, 0.3) is 0 Å². The van der Waals surface area contributed by atoms with E-state index in [9.17, 15) is 0 Å². The number of anilines is 2. The zero-order valence-corrected chi connectivity index (χ0v) is 13.3. The van der Waals surface area contributed by atoms with Crippen LogP contribution < -0.4 is 10.6 Å². The average molecular weight is 335 g/mol. The molecule has 4 heteroatoms. The molecule has 0 saturated carbocycles. The Balaban J connectivity index is 2.46. The molecule has 2 aromatic carbocycles. The molecule has 0 bridgehead atoms. The van der Waals surface area contributed by atoms with Gasteiger partial charge in [0.05, 0.1) is 5.69 Å². The van der Waals surface area contributed by atoms with Crippen molar-refractivity contribution >= 4 is 44.5 Å². The number of rotatable bonds is 3. The van der Waals surface area contributed by atoms with Gasteiger partial charge in [0, 0.05) is 22.8 Å². The SMILES string of the molecule is Cc1ccc(N(C)c2ccc(Br)cc2C(N)=S)cc1. The number of thiocarbonyl (C=S) groups is 1. The number of hydrogen-bond donors (Lipinski definition) is 1. The molecule has 2 aromatic rings. The van der Waals surface area contributed by atoms with E-state index in [0.717, 1.165) is 21.4 Å². The van der Waals surface area contributed by atoms with Crippen molar-refractivity contribution in [3.63, 3.8) is 0 Å². The van der Waals surface area contributed by atoms with Gasteiger partial charge in [-0.25, -0.2) is 0 Å². The lowest BCUT2D eigenvalue weighted by molar-refractivity contribution is 1.20. The number of benzene rings is 2. The molecule has 0 aliphatic carbocycles. The minimum Gasteiger partial charge on any atom is -0.389 e. The van der Waals surface area contributed by atoms with Gasteiger partial charge in [-0.05, 0) is 37.3 Å². The predicted molar refractivity (Wildman–Crippen MR) is 89.3 cm³/mol. The average Bonchev–Trinajstić information content (AvgIpc) is 2.38. The van der Waals surface area contributed by atoms with E-state index in [1.807, 2.05) is 25.2 Å². The van der Waals surface area contributed by atoms with Crippen molar-refractivity contribution in [2.45, 2.75) is 6.92 Å². The number of aryl methyl sites for hydroxylation is 1. The molecule has 19 heavy (non-hydrogen) atoms. The summed E-state index contributed by atoms with van der Waals surface area (Å²) in [4.78, 5) is 2.48. The molecule has 0 spiro atoms. The quantitative estimate of drug-likeness (QED) is 0.854. The van der Waals surface area contributed by atoms with Crippen molar-refractivity contribution in [1.29, 1.82) is 0 Å². The van der Waals surface area contributed by atoms with Gasteiger partial charge in [-0.1, -0.05) is 45.8 Å². The van der Waals surface area contributed by atoms with E-state index < -0.39 is 0 Å². The maximum atomic E-state index is 5.81. The molecule has 2 rings (SSSR count). The van der Waals surface area contributed by atoms with Crippen molar-refractivity contribution in [1.82, 2.24) is 0 Å². The molecule has 0 unspecified atom stereocenters. The number of nitrogens with two attached hydrogens (primary N) is 1. The number of halogens is 1. The highest BCUT2D eigenvalue weighted by Gasteiger charge is 2.11. The maximum absolute atomic E-state index is 5.81. The van der Waals surface area contributed by atoms with E-state index in [-0.39, 0.29) is 0 Å². The van der Waals surface area contributed by atoms with Crippen LogP contribution >= 0.6 is 28.1 Å². The summed E-state index contributed by atoms with van der Waals surface area (Å²) < 4.78 is 0.969. The van der Waals surface area contributed by atoms with Crippen LogP contribution in [0.3, 0.4) is 0 Å². The van der Waals surface area contributed by atoms with Gasteiger partial charge in [-0.3, -0.25) is 0 Å². The Morgan fingerprint density at radius 3 is 2.37 bits per heavy atom. The second kappa shape index (κ2) is 5.72. The molecule has 2 N–H and O–H groups in total. The Labute approximate surface area is 127 Å². The van der Waals surface area contributed by atoms with Crippen LogP contribution in [0.1, 0.15) is 11.1 Å². The first kappa shape index (κ1) is 14.0. The van der Waals surface area contributed by atoms with Crippen LogP contribution in [0.5, 0.6) is 0 Å². The van der Waals surface area contributed by atoms with E-state index in [4.69, 9.17) is 18.0 Å². The Bertz CT molecular complexity index is 608. The second-order valence-corrected chi connectivity index (χ2v) is 5.78. The molecule has 0 amide bonds. The molecule has 0 aliphatic heterocycles. The summed E-state index contributed by atoms with van der Waals surface area (Å²) in [6, 6.07) is 14.3. The molecular weight excluding hydrogens is 320 g/mol. The van der Waals surface area contributed by atoms with E-state index in [2.05, 4.69) is 52.0 Å². The van der Waals surface area contributed by atoms with Gasteiger partial charge >= 0.3 is 0 Å². The third-order valence-electron chi connectivity index (χ3n) is 3.01. The summed E-state index contributed by atoms with van der Waals surface area (Å²) in [5.41, 5.74) is 10.0. The second-order valence-electron chi connectivity index (χ2n) is 4.42.